The van der Waals surface area contributed by atoms with Crippen LogP contribution in [0, 0.1) is 0 Å². The van der Waals surface area contributed by atoms with Gasteiger partial charge < -0.3 is 14.8 Å². The molecule has 0 aromatic heterocycles. The summed E-state index contributed by atoms with van der Waals surface area (Å²) in [5.41, 5.74) is 0. The Bertz CT molecular complexity index is 727. The molecule has 1 unspecified atom stereocenters. The Morgan fingerprint density at radius 3 is 2.26 bits per heavy atom. The molecule has 0 aromatic carbocycles. The molecule has 1 atom stereocenters. The van der Waals surface area contributed by atoms with Gasteiger partial charge >= 0.3 is 35.4 Å². The summed E-state index contributed by atoms with van der Waals surface area (Å²) < 4.78 is 34.3. The molecule has 1 heterocycles. The first kappa shape index (κ1) is 33.7. The van der Waals surface area contributed by atoms with E-state index in [1.165, 1.54) is 44.9 Å². The maximum atomic E-state index is 12.8. The topological polar surface area (TPSA) is 121 Å². The summed E-state index contributed by atoms with van der Waals surface area (Å²) in [7, 11) is -4.54. The molecule has 0 saturated heterocycles. The van der Waals surface area contributed by atoms with E-state index in [1.54, 1.807) is 9.48 Å². The zero-order chi connectivity index (χ0) is 24.5. The van der Waals surface area contributed by atoms with Gasteiger partial charge in [-0.1, -0.05) is 64.0 Å². The van der Waals surface area contributed by atoms with Crippen LogP contribution < -0.4 is 29.6 Å². The zero-order valence-electron chi connectivity index (χ0n) is 21.3. The second-order valence-electron chi connectivity index (χ2n) is 8.91. The van der Waals surface area contributed by atoms with E-state index in [-0.39, 0.29) is 48.5 Å². The number of ketones is 1. The second-order valence-corrected chi connectivity index (χ2v) is 10.4. The number of Topliss-reactive ketones (excluding diaryl/α,β-unsaturated/α-hetero) is 1. The minimum absolute atomic E-state index is 0. The van der Waals surface area contributed by atoms with E-state index in [4.69, 9.17) is 0 Å². The third kappa shape index (κ3) is 15.7. The number of hydrogen-bond acceptors (Lipinski definition) is 7. The first-order valence-corrected chi connectivity index (χ1v) is 14.1. The van der Waals surface area contributed by atoms with Gasteiger partial charge in [0.15, 0.2) is 0 Å². The summed E-state index contributed by atoms with van der Waals surface area (Å²) in [6.07, 6.45) is 16.2. The smallest absolute Gasteiger partial charge is 0.748 e. The molecule has 1 aliphatic rings. The van der Waals surface area contributed by atoms with Gasteiger partial charge in [0.1, 0.15) is 32.3 Å². The van der Waals surface area contributed by atoms with Crippen molar-refractivity contribution in [2.24, 2.45) is 0 Å². The van der Waals surface area contributed by atoms with E-state index in [1.807, 2.05) is 0 Å². The van der Waals surface area contributed by atoms with Crippen molar-refractivity contribution in [2.75, 3.05) is 38.5 Å². The largest absolute Gasteiger partial charge is 1.00 e. The number of amidine groups is 1. The average Bonchev–Trinajstić information content (AvgIpc) is 3.12. The van der Waals surface area contributed by atoms with E-state index in [0.29, 0.717) is 31.9 Å². The molecule has 2 N–H and O–H groups in total. The Balaban J connectivity index is 0.0000109. The fourth-order valence-electron chi connectivity index (χ4n) is 4.17. The van der Waals surface area contributed by atoms with Crippen LogP contribution in [-0.2, 0) is 14.9 Å². The molecule has 0 saturated carbocycles. The van der Waals surface area contributed by atoms with Crippen molar-refractivity contribution in [3.8, 4) is 0 Å². The SMILES string of the molecule is CCCC/C=C/CCCCCCCCCC(=O)C1=[N+](CC(O)CS(=O)(=O)[O-])CCN1CCO.[Na+]. The van der Waals surface area contributed by atoms with Gasteiger partial charge in [-0.3, -0.25) is 14.3 Å². The first-order chi connectivity index (χ1) is 15.8. The normalized spacial score (nSPS) is 15.2. The summed E-state index contributed by atoms with van der Waals surface area (Å²) in [5.74, 6) is -0.522. The van der Waals surface area contributed by atoms with Gasteiger partial charge in [-0.15, -0.1) is 0 Å². The maximum absolute atomic E-state index is 12.8. The summed E-state index contributed by atoms with van der Waals surface area (Å²) >= 11 is 0. The van der Waals surface area contributed by atoms with Crippen molar-refractivity contribution in [3.63, 3.8) is 0 Å². The monoisotopic (exact) mass is 511 g/mol. The van der Waals surface area contributed by atoms with Gasteiger partial charge in [0.05, 0.1) is 22.5 Å². The van der Waals surface area contributed by atoms with Crippen molar-refractivity contribution in [3.05, 3.63) is 12.2 Å². The quantitative estimate of drug-likeness (QED) is 0.0739. The minimum Gasteiger partial charge on any atom is -0.748 e. The van der Waals surface area contributed by atoms with Crippen molar-refractivity contribution in [1.82, 2.24) is 4.90 Å². The fraction of sp³-hybridized carbons (Fsp3) is 0.833. The second kappa shape index (κ2) is 19.8. The zero-order valence-corrected chi connectivity index (χ0v) is 24.1. The van der Waals surface area contributed by atoms with Gasteiger partial charge in [-0.2, -0.15) is 0 Å². The predicted octanol–water partition coefficient (Wildman–Crippen LogP) is -0.558. The number of carbonyl (C=O) groups is 1. The molecule has 1 rings (SSSR count). The van der Waals surface area contributed by atoms with Crippen LogP contribution in [0.25, 0.3) is 0 Å². The summed E-state index contributed by atoms with van der Waals surface area (Å²) in [4.78, 5) is 14.6. The minimum atomic E-state index is -4.54. The predicted molar refractivity (Wildman–Crippen MR) is 129 cm³/mol. The standard InChI is InChI=1S/C24H44N2O6S.Na/c1-2-3-4-5-6-7-8-9-10-11-12-13-14-15-23(29)24-25(18-19-27)16-17-26(24)20-22(28)21-33(30,31)32;/h5-6,22,27-28H,2-4,7-21H2,1H3;/q;+1/b6-5+;. The summed E-state index contributed by atoms with van der Waals surface area (Å²) in [5, 5.41) is 19.2. The van der Waals surface area contributed by atoms with Gasteiger partial charge in [0, 0.05) is 6.42 Å². The molecule has 0 radical (unpaired) electrons. The number of nitrogens with zero attached hydrogens (tertiary/aromatic N) is 2. The third-order valence-electron chi connectivity index (χ3n) is 5.85. The molecular formula is C24H44N2NaO6S+. The molecule has 0 amide bonds. The van der Waals surface area contributed by atoms with Crippen LogP contribution in [0.3, 0.4) is 0 Å². The Hall–Kier alpha value is -0.290. The summed E-state index contributed by atoms with van der Waals surface area (Å²) in [6, 6.07) is 0. The Morgan fingerprint density at radius 2 is 1.68 bits per heavy atom. The number of allylic oxidation sites excluding steroid dienone is 2. The molecule has 0 aromatic rings. The Labute approximate surface area is 228 Å². The van der Waals surface area contributed by atoms with E-state index < -0.39 is 22.0 Å². The molecule has 10 heteroatoms. The van der Waals surface area contributed by atoms with Gasteiger partial charge in [-0.25, -0.2) is 8.42 Å². The molecule has 8 nitrogen and oxygen atoms in total. The van der Waals surface area contributed by atoms with E-state index in [0.717, 1.165) is 25.7 Å². The van der Waals surface area contributed by atoms with Crippen LogP contribution in [0.5, 0.6) is 0 Å². The van der Waals surface area contributed by atoms with E-state index >= 15 is 0 Å². The molecule has 192 valence electrons. The van der Waals surface area contributed by atoms with Crippen molar-refractivity contribution < 1.29 is 62.1 Å². The van der Waals surface area contributed by atoms with E-state index in [9.17, 15) is 28.0 Å². The average molecular weight is 512 g/mol. The molecule has 34 heavy (non-hydrogen) atoms. The fourth-order valence-corrected chi connectivity index (χ4v) is 4.74. The van der Waals surface area contributed by atoms with Gasteiger partial charge in [-0.05, 0) is 25.7 Å². The van der Waals surface area contributed by atoms with E-state index in [2.05, 4.69) is 19.1 Å². The molecule has 0 bridgehead atoms. The maximum Gasteiger partial charge on any atom is 1.00 e. The van der Waals surface area contributed by atoms with Crippen LogP contribution in [0.2, 0.25) is 0 Å². The summed E-state index contributed by atoms with van der Waals surface area (Å²) in [6.45, 7) is 3.30. The molecule has 1 aliphatic heterocycles. The first-order valence-electron chi connectivity index (χ1n) is 12.6. The molecular weight excluding hydrogens is 467 g/mol. The Kier molecular flexibility index (Phi) is 19.7. The molecule has 0 fully saturated rings. The number of aliphatic hydroxyl groups excluding tert-OH is 2. The van der Waals surface area contributed by atoms with Gasteiger partial charge in [0.25, 0.3) is 0 Å². The Morgan fingerprint density at radius 1 is 1.09 bits per heavy atom. The molecule has 0 spiro atoms. The van der Waals surface area contributed by atoms with Crippen molar-refractivity contribution in [2.45, 2.75) is 90.1 Å². The van der Waals surface area contributed by atoms with Crippen molar-refractivity contribution in [1.29, 1.82) is 0 Å². The van der Waals surface area contributed by atoms with Crippen LogP contribution in [0.15, 0.2) is 12.2 Å². The number of hydrogen-bond donors (Lipinski definition) is 2. The van der Waals surface area contributed by atoms with Crippen LogP contribution >= 0.6 is 0 Å². The number of aliphatic hydroxyl groups is 2. The van der Waals surface area contributed by atoms with Gasteiger partial charge in [0.2, 0.25) is 5.78 Å². The van der Waals surface area contributed by atoms with Crippen LogP contribution in [0.4, 0.5) is 0 Å². The van der Waals surface area contributed by atoms with Crippen LogP contribution in [-0.4, -0.2) is 88.9 Å². The number of β-amino-alcohol motifs (C(OH)–C–C–N with tert-alkyl or cyclic N) is 2. The molecule has 0 aliphatic carbocycles. The number of carbonyl (C=O) groups excluding carboxylic acids is 1. The van der Waals surface area contributed by atoms with Crippen molar-refractivity contribution >= 4 is 21.7 Å². The third-order valence-corrected chi connectivity index (χ3v) is 6.64. The number of unbranched alkanes of at least 4 members (excludes halogenated alkanes) is 9. The van der Waals surface area contributed by atoms with Crippen LogP contribution in [0.1, 0.15) is 84.0 Å². The number of rotatable bonds is 20.